The van der Waals surface area contributed by atoms with Crippen LogP contribution >= 0.6 is 0 Å². The van der Waals surface area contributed by atoms with Gasteiger partial charge in [-0.1, -0.05) is 6.07 Å². The highest BCUT2D eigenvalue weighted by Gasteiger charge is 2.47. The average Bonchev–Trinajstić information content (AvgIpc) is 2.73. The van der Waals surface area contributed by atoms with Gasteiger partial charge in [-0.05, 0) is 36.8 Å². The molecule has 0 saturated carbocycles. The van der Waals surface area contributed by atoms with E-state index in [1.807, 2.05) is 0 Å². The predicted octanol–water partition coefficient (Wildman–Crippen LogP) is 4.08. The second-order valence-electron chi connectivity index (χ2n) is 6.82. The van der Waals surface area contributed by atoms with E-state index in [0.717, 1.165) is 0 Å². The Hall–Kier alpha value is -2.51. The number of benzene rings is 2. The first-order valence-electron chi connectivity index (χ1n) is 9.11. The molecular weight excluding hydrogens is 379 g/mol. The minimum atomic E-state index is -3.89. The van der Waals surface area contributed by atoms with Crippen LogP contribution in [0.4, 0.5) is 10.1 Å². The van der Waals surface area contributed by atoms with Crippen LogP contribution in [0.15, 0.2) is 59.6 Å². The lowest BCUT2D eigenvalue weighted by atomic mass is 10.1. The van der Waals surface area contributed by atoms with Gasteiger partial charge in [0.2, 0.25) is 0 Å². The number of ether oxygens (including phenoxy) is 1. The summed E-state index contributed by atoms with van der Waals surface area (Å²) in [5.74, 6) is 0.0693. The van der Waals surface area contributed by atoms with Crippen LogP contribution in [-0.4, -0.2) is 33.6 Å². The van der Waals surface area contributed by atoms with E-state index >= 15 is 0 Å². The number of rotatable bonds is 4. The maximum atomic E-state index is 14.0. The number of aromatic nitrogens is 1. The summed E-state index contributed by atoms with van der Waals surface area (Å²) in [5.41, 5.74) is 0.938. The number of methoxy groups -OCH3 is 1. The van der Waals surface area contributed by atoms with Crippen molar-refractivity contribution in [3.05, 3.63) is 67.0 Å². The number of pyridine rings is 1. The minimum absolute atomic E-state index is 0.183. The van der Waals surface area contributed by atoms with Crippen molar-refractivity contribution in [2.24, 2.45) is 0 Å². The molecule has 28 heavy (non-hydrogen) atoms. The monoisotopic (exact) mass is 400 g/mol. The normalized spacial score (nSPS) is 16.8. The number of piperidine rings is 1. The Morgan fingerprint density at radius 1 is 1.07 bits per heavy atom. The van der Waals surface area contributed by atoms with Gasteiger partial charge in [0.25, 0.3) is 0 Å². The number of sulfonamides is 1. The summed E-state index contributed by atoms with van der Waals surface area (Å²) in [7, 11) is -2.36. The average molecular weight is 400 g/mol. The molecule has 0 atom stereocenters. The molecular formula is C21H21FN2O3S+. The molecule has 145 valence electrons. The predicted molar refractivity (Wildman–Crippen MR) is 107 cm³/mol. The molecule has 5 nitrogen and oxygen atoms in total. The Kier molecular flexibility index (Phi) is 4.81. The van der Waals surface area contributed by atoms with Gasteiger partial charge in [-0.15, -0.1) is 0 Å². The summed E-state index contributed by atoms with van der Waals surface area (Å²) < 4.78 is 47.0. The Morgan fingerprint density at radius 3 is 2.57 bits per heavy atom. The third-order valence-corrected chi connectivity index (χ3v) is 7.73. The van der Waals surface area contributed by atoms with E-state index < -0.39 is 15.8 Å². The van der Waals surface area contributed by atoms with Gasteiger partial charge in [0, 0.05) is 36.6 Å². The van der Waals surface area contributed by atoms with E-state index in [1.165, 1.54) is 19.2 Å². The molecule has 1 fully saturated rings. The van der Waals surface area contributed by atoms with Crippen molar-refractivity contribution in [1.29, 1.82) is 0 Å². The van der Waals surface area contributed by atoms with Gasteiger partial charge >= 0.3 is 10.0 Å². The van der Waals surface area contributed by atoms with Crippen molar-refractivity contribution in [2.75, 3.05) is 20.2 Å². The largest absolute Gasteiger partial charge is 0.494 e. The molecule has 1 saturated heterocycles. The van der Waals surface area contributed by atoms with Gasteiger partial charge in [-0.3, -0.25) is 4.98 Å². The van der Waals surface area contributed by atoms with Gasteiger partial charge in [-0.25, -0.2) is 4.39 Å². The molecule has 0 unspecified atom stereocenters. The number of hydrogen-bond donors (Lipinski definition) is 0. The highest BCUT2D eigenvalue weighted by Crippen LogP contribution is 2.39. The maximum Gasteiger partial charge on any atom is 0.332 e. The highest BCUT2D eigenvalue weighted by atomic mass is 32.2. The smallest absolute Gasteiger partial charge is 0.332 e. The van der Waals surface area contributed by atoms with Crippen LogP contribution in [0.3, 0.4) is 0 Å². The Bertz CT molecular complexity index is 1130. The van der Waals surface area contributed by atoms with Crippen LogP contribution in [0.25, 0.3) is 10.9 Å². The summed E-state index contributed by atoms with van der Waals surface area (Å²) >= 11 is 0. The topological polar surface area (TPSA) is 56.3 Å². The molecule has 1 aliphatic heterocycles. The molecule has 7 heteroatoms. The van der Waals surface area contributed by atoms with E-state index in [1.54, 1.807) is 42.6 Å². The van der Waals surface area contributed by atoms with Crippen molar-refractivity contribution >= 4 is 26.6 Å². The number of halogens is 1. The Labute approximate surface area is 164 Å². The Morgan fingerprint density at radius 2 is 1.86 bits per heavy atom. The quantitative estimate of drug-likeness (QED) is 0.620. The molecule has 1 aliphatic rings. The van der Waals surface area contributed by atoms with E-state index in [2.05, 4.69) is 11.4 Å². The third kappa shape index (κ3) is 2.86. The molecule has 2 aromatic carbocycles. The van der Waals surface area contributed by atoms with Crippen LogP contribution in [0.2, 0.25) is 0 Å². The van der Waals surface area contributed by atoms with E-state index in [0.29, 0.717) is 48.3 Å². The summed E-state index contributed by atoms with van der Waals surface area (Å²) in [5, 5.41) is 0.505. The maximum absolute atomic E-state index is 14.0. The molecule has 4 rings (SSSR count). The zero-order valence-corrected chi connectivity index (χ0v) is 16.3. The number of nitrogens with zero attached hydrogens (tertiary/aromatic N) is 2. The summed E-state index contributed by atoms with van der Waals surface area (Å²) in [6.07, 6.45) is 4.97. The molecule has 3 aromatic rings. The van der Waals surface area contributed by atoms with Crippen molar-refractivity contribution in [2.45, 2.75) is 17.7 Å². The van der Waals surface area contributed by atoms with Crippen LogP contribution < -0.4 is 8.63 Å². The molecule has 0 bridgehead atoms. The van der Waals surface area contributed by atoms with Crippen LogP contribution in [-0.2, 0) is 10.0 Å². The zero-order chi connectivity index (χ0) is 19.8. The molecule has 1 aromatic heterocycles. The standard InChI is InChI=1S/C21H21FN2O3S/c1-27-19-10-11-20(18-9-6-12-23-21(18)19)28(25,26)24(13-3-2-4-14-24)17-8-5-7-16(22)15-17/h2,5-12,15H,3-4,13-14H2,1H3/q+1. The van der Waals surface area contributed by atoms with Crippen molar-refractivity contribution < 1.29 is 17.5 Å². The number of fused-ring (bicyclic) bond motifs is 1. The van der Waals surface area contributed by atoms with E-state index in [9.17, 15) is 12.8 Å². The fourth-order valence-electron chi connectivity index (χ4n) is 3.92. The first kappa shape index (κ1) is 18.8. The highest BCUT2D eigenvalue weighted by molar-refractivity contribution is 7.91. The summed E-state index contributed by atoms with van der Waals surface area (Å²) in [4.78, 5) is 4.50. The van der Waals surface area contributed by atoms with Gasteiger partial charge in [-0.2, -0.15) is 12.3 Å². The lowest BCUT2D eigenvalue weighted by Gasteiger charge is -2.39. The number of quaternary nitrogens is 1. The second kappa shape index (κ2) is 7.14. The minimum Gasteiger partial charge on any atom is -0.494 e. The lowest BCUT2D eigenvalue weighted by molar-refractivity contribution is 0.376. The van der Waals surface area contributed by atoms with Crippen molar-refractivity contribution in [1.82, 2.24) is 8.87 Å². The lowest BCUT2D eigenvalue weighted by Crippen LogP contribution is -2.57. The molecule has 0 aliphatic carbocycles. The number of hydrogen-bond acceptors (Lipinski definition) is 4. The second-order valence-corrected chi connectivity index (χ2v) is 8.91. The summed E-state index contributed by atoms with van der Waals surface area (Å²) in [6.45, 7) is 0.721. The fraction of sp³-hybridized carbons (Fsp3) is 0.238. The van der Waals surface area contributed by atoms with Gasteiger partial charge < -0.3 is 4.74 Å². The molecule has 2 heterocycles. The van der Waals surface area contributed by atoms with Gasteiger partial charge in [0.15, 0.2) is 5.69 Å². The molecule has 0 N–H and O–H groups in total. The fourth-order valence-corrected chi connectivity index (χ4v) is 6.06. The van der Waals surface area contributed by atoms with Crippen molar-refractivity contribution in [3.8, 4) is 5.75 Å². The van der Waals surface area contributed by atoms with Crippen LogP contribution in [0, 0.1) is 12.2 Å². The van der Waals surface area contributed by atoms with Crippen LogP contribution in [0.1, 0.15) is 12.8 Å². The summed E-state index contributed by atoms with van der Waals surface area (Å²) in [6, 6.07) is 12.5. The Balaban J connectivity index is 1.99. The van der Waals surface area contributed by atoms with Gasteiger partial charge in [0.05, 0.1) is 20.2 Å². The van der Waals surface area contributed by atoms with Gasteiger partial charge in [0.1, 0.15) is 22.0 Å². The SMILES string of the molecule is COc1ccc(S(=O)(=O)[N+]2(c3cccc(F)c3)CC[CH]CC2)c2cccnc12. The first-order valence-corrected chi connectivity index (χ1v) is 10.6. The van der Waals surface area contributed by atoms with E-state index in [4.69, 9.17) is 4.74 Å². The molecule has 1 radical (unpaired) electrons. The van der Waals surface area contributed by atoms with Crippen LogP contribution in [0.5, 0.6) is 5.75 Å². The molecule has 0 spiro atoms. The zero-order valence-electron chi connectivity index (χ0n) is 15.5. The van der Waals surface area contributed by atoms with E-state index in [-0.39, 0.29) is 8.78 Å². The molecule has 0 amide bonds. The third-order valence-electron chi connectivity index (χ3n) is 5.32. The van der Waals surface area contributed by atoms with Crippen molar-refractivity contribution in [3.63, 3.8) is 0 Å². The first-order chi connectivity index (χ1) is 13.5.